The van der Waals surface area contributed by atoms with Gasteiger partial charge in [0, 0.05) is 0 Å². The maximum atomic E-state index is 2.35. The van der Waals surface area contributed by atoms with Gasteiger partial charge in [0.2, 0.25) is 0 Å². The summed E-state index contributed by atoms with van der Waals surface area (Å²) in [6.45, 7) is 2.21. The van der Waals surface area contributed by atoms with Crippen LogP contribution in [0.1, 0.15) is 19.8 Å². The van der Waals surface area contributed by atoms with Gasteiger partial charge in [-0.25, -0.2) is 0 Å². The van der Waals surface area contributed by atoms with Crippen LogP contribution in [0.4, 0.5) is 0 Å². The van der Waals surface area contributed by atoms with Crippen molar-refractivity contribution in [2.45, 2.75) is 19.8 Å². The zero-order valence-corrected chi connectivity index (χ0v) is 18.9. The molecular formula is C26H28BrP. The Morgan fingerprint density at radius 3 is 1.39 bits per heavy atom. The maximum absolute atomic E-state index is 2.35. The Balaban J connectivity index is 0.00000280. The van der Waals surface area contributed by atoms with Crippen LogP contribution in [0.5, 0.6) is 0 Å². The highest BCUT2D eigenvalue weighted by molar-refractivity contribution is 7.95. The quantitative estimate of drug-likeness (QED) is 0.365. The maximum Gasteiger partial charge on any atom is 0.115 e. The van der Waals surface area contributed by atoms with Crippen LogP contribution in [0.25, 0.3) is 0 Å². The first-order chi connectivity index (χ1) is 13.4. The Hall–Kier alpha value is -1.95. The van der Waals surface area contributed by atoms with Crippen LogP contribution in [0, 0.1) is 0 Å². The molecule has 3 rings (SSSR count). The van der Waals surface area contributed by atoms with E-state index in [1.54, 1.807) is 0 Å². The van der Waals surface area contributed by atoms with Gasteiger partial charge in [0.1, 0.15) is 23.2 Å². The average molecular weight is 451 g/mol. The summed E-state index contributed by atoms with van der Waals surface area (Å²) in [5.41, 5.74) is 0. The molecule has 0 aliphatic carbocycles. The molecule has 3 aromatic rings. The number of halogens is 1. The van der Waals surface area contributed by atoms with E-state index in [2.05, 4.69) is 122 Å². The van der Waals surface area contributed by atoms with Gasteiger partial charge in [0.15, 0.2) is 0 Å². The lowest BCUT2D eigenvalue weighted by molar-refractivity contribution is -0.00000531. The summed E-state index contributed by atoms with van der Waals surface area (Å²) in [6, 6.07) is 33.1. The lowest BCUT2D eigenvalue weighted by atomic mass is 10.3. The number of rotatable bonds is 8. The summed E-state index contributed by atoms with van der Waals surface area (Å²) in [5, 5.41) is 4.30. The van der Waals surface area contributed by atoms with Crippen molar-refractivity contribution >= 4 is 23.2 Å². The molecule has 0 saturated heterocycles. The minimum absolute atomic E-state index is 0. The molecule has 0 N–H and O–H groups in total. The largest absolute Gasteiger partial charge is 1.00 e. The molecule has 3 aromatic carbocycles. The predicted molar refractivity (Wildman–Crippen MR) is 123 cm³/mol. The van der Waals surface area contributed by atoms with Crippen molar-refractivity contribution in [1.82, 2.24) is 0 Å². The molecule has 0 aliphatic rings. The van der Waals surface area contributed by atoms with Gasteiger partial charge in [-0.3, -0.25) is 0 Å². The molecule has 0 aromatic heterocycles. The van der Waals surface area contributed by atoms with Crippen LogP contribution in [-0.4, -0.2) is 6.16 Å². The highest BCUT2D eigenvalue weighted by Gasteiger charge is 2.43. The summed E-state index contributed by atoms with van der Waals surface area (Å²) in [5.74, 6) is 0. The van der Waals surface area contributed by atoms with Gasteiger partial charge < -0.3 is 17.0 Å². The van der Waals surface area contributed by atoms with Crippen LogP contribution in [0.3, 0.4) is 0 Å². The van der Waals surface area contributed by atoms with E-state index in [0.29, 0.717) is 0 Å². The Bertz CT molecular complexity index is 758. The van der Waals surface area contributed by atoms with E-state index in [1.807, 2.05) is 0 Å². The van der Waals surface area contributed by atoms with Gasteiger partial charge in [0.05, 0.1) is 6.16 Å². The van der Waals surface area contributed by atoms with Crippen LogP contribution in [-0.2, 0) is 0 Å². The molecule has 2 heteroatoms. The van der Waals surface area contributed by atoms with Gasteiger partial charge in [-0.15, -0.1) is 0 Å². The fourth-order valence-electron chi connectivity index (χ4n) is 3.45. The van der Waals surface area contributed by atoms with Crippen molar-refractivity contribution < 1.29 is 17.0 Å². The molecule has 28 heavy (non-hydrogen) atoms. The molecule has 0 atom stereocenters. The second kappa shape index (κ2) is 11.8. The first kappa shape index (κ1) is 22.3. The minimum atomic E-state index is -1.73. The summed E-state index contributed by atoms with van der Waals surface area (Å²) < 4.78 is 0. The standard InChI is InChI=1S/C26H28P.BrH/c1-2-3-4-5-6-16-23-27(24-17-10-7-11-18-24,25-19-12-8-13-20-25)26-21-14-9-15-22-26;/h4-22H,2-3,23H2,1H3;1H/q+1;/p-1/b5-4+,16-6+;. The highest BCUT2D eigenvalue weighted by Crippen LogP contribution is 2.55. The van der Waals surface area contributed by atoms with Crippen molar-refractivity contribution in [3.8, 4) is 0 Å². The molecule has 0 spiro atoms. The van der Waals surface area contributed by atoms with E-state index < -0.39 is 7.26 Å². The molecule has 0 aliphatic heterocycles. The number of hydrogen-bond donors (Lipinski definition) is 0. The van der Waals surface area contributed by atoms with Crippen LogP contribution >= 0.6 is 7.26 Å². The van der Waals surface area contributed by atoms with Crippen molar-refractivity contribution in [3.05, 3.63) is 115 Å². The fraction of sp³-hybridized carbons (Fsp3) is 0.154. The van der Waals surface area contributed by atoms with Gasteiger partial charge >= 0.3 is 0 Å². The second-order valence-electron chi connectivity index (χ2n) is 6.64. The fourth-order valence-corrected chi connectivity index (χ4v) is 7.46. The molecule has 0 amide bonds. The lowest BCUT2D eigenvalue weighted by Gasteiger charge is -2.26. The molecule has 0 fully saturated rings. The lowest BCUT2D eigenvalue weighted by Crippen LogP contribution is -3.00. The minimum Gasteiger partial charge on any atom is -1.00 e. The Kier molecular flexibility index (Phi) is 9.41. The van der Waals surface area contributed by atoms with Gasteiger partial charge in [0.25, 0.3) is 0 Å². The van der Waals surface area contributed by atoms with E-state index in [4.69, 9.17) is 0 Å². The molecule has 0 radical (unpaired) electrons. The van der Waals surface area contributed by atoms with Crippen LogP contribution < -0.4 is 32.9 Å². The van der Waals surface area contributed by atoms with Gasteiger partial charge in [-0.1, -0.05) is 86.2 Å². The molecule has 0 unspecified atom stereocenters. The predicted octanol–water partition coefficient (Wildman–Crippen LogP) is 2.90. The van der Waals surface area contributed by atoms with Crippen LogP contribution in [0.15, 0.2) is 115 Å². The molecule has 0 nitrogen and oxygen atoms in total. The number of allylic oxidation sites excluding steroid dienone is 4. The smallest absolute Gasteiger partial charge is 0.115 e. The van der Waals surface area contributed by atoms with E-state index in [0.717, 1.165) is 12.6 Å². The monoisotopic (exact) mass is 450 g/mol. The molecular weight excluding hydrogens is 423 g/mol. The van der Waals surface area contributed by atoms with Crippen molar-refractivity contribution in [2.75, 3.05) is 6.16 Å². The zero-order chi connectivity index (χ0) is 18.8. The highest BCUT2D eigenvalue weighted by atomic mass is 79.9. The second-order valence-corrected chi connectivity index (χ2v) is 10.2. The summed E-state index contributed by atoms with van der Waals surface area (Å²) in [4.78, 5) is 0. The summed E-state index contributed by atoms with van der Waals surface area (Å²) in [7, 11) is -1.73. The third-order valence-corrected chi connectivity index (χ3v) is 9.11. The van der Waals surface area contributed by atoms with E-state index in [9.17, 15) is 0 Å². The molecule has 0 saturated carbocycles. The topological polar surface area (TPSA) is 0 Å². The molecule has 0 bridgehead atoms. The van der Waals surface area contributed by atoms with E-state index >= 15 is 0 Å². The van der Waals surface area contributed by atoms with Crippen molar-refractivity contribution in [1.29, 1.82) is 0 Å². The Morgan fingerprint density at radius 1 is 0.607 bits per heavy atom. The van der Waals surface area contributed by atoms with E-state index in [-0.39, 0.29) is 17.0 Å². The Morgan fingerprint density at radius 2 is 1.00 bits per heavy atom. The summed E-state index contributed by atoms with van der Waals surface area (Å²) >= 11 is 0. The van der Waals surface area contributed by atoms with Gasteiger partial charge in [-0.2, -0.15) is 0 Å². The van der Waals surface area contributed by atoms with Crippen LogP contribution in [0.2, 0.25) is 0 Å². The van der Waals surface area contributed by atoms with Crippen molar-refractivity contribution in [3.63, 3.8) is 0 Å². The molecule has 144 valence electrons. The first-order valence-corrected chi connectivity index (χ1v) is 11.7. The summed E-state index contributed by atoms with van der Waals surface area (Å²) in [6.07, 6.45) is 12.4. The Labute approximate surface area is 181 Å². The third kappa shape index (κ3) is 5.31. The van der Waals surface area contributed by atoms with E-state index in [1.165, 1.54) is 22.3 Å². The SMILES string of the molecule is CCC/C=C/C=C/C[P+](c1ccccc1)(c1ccccc1)c1ccccc1.[Br-]. The van der Waals surface area contributed by atoms with Gasteiger partial charge in [-0.05, 0) is 48.9 Å². The number of unbranched alkanes of at least 4 members (excludes halogenated alkanes) is 1. The molecule has 0 heterocycles. The average Bonchev–Trinajstić information content (AvgIpc) is 2.75. The number of benzene rings is 3. The number of hydrogen-bond acceptors (Lipinski definition) is 0. The van der Waals surface area contributed by atoms with Crippen molar-refractivity contribution in [2.24, 2.45) is 0 Å². The first-order valence-electron chi connectivity index (χ1n) is 9.74. The normalized spacial score (nSPS) is 11.6. The third-order valence-electron chi connectivity index (χ3n) is 4.81. The zero-order valence-electron chi connectivity index (χ0n) is 16.4.